The van der Waals surface area contributed by atoms with Crippen LogP contribution < -0.4 is 0 Å². The Morgan fingerprint density at radius 2 is 1.70 bits per heavy atom. The van der Waals surface area contributed by atoms with Crippen LogP contribution in [0.2, 0.25) is 5.04 Å². The first-order valence-corrected chi connectivity index (χ1v) is 4.57. The third-order valence-electron chi connectivity index (χ3n) is 1.78. The maximum absolute atomic E-state index is 3.82. The number of hydrogen-bond donors (Lipinski definition) is 0. The van der Waals surface area contributed by atoms with Gasteiger partial charge in [-0.15, -0.1) is 6.58 Å². The highest BCUT2D eigenvalue weighted by Gasteiger charge is 2.16. The standard InChI is InChI=1S/C9H17Si/c1-4-7-9(10,6-3)8-5-2/h6H,3-5,7-8H2,1-2H3. The molecule has 0 aromatic carbocycles. The van der Waals surface area contributed by atoms with E-state index in [1.165, 1.54) is 25.7 Å². The van der Waals surface area contributed by atoms with Gasteiger partial charge in [0.15, 0.2) is 0 Å². The lowest BCUT2D eigenvalue weighted by atomic mass is 9.97. The second-order valence-electron chi connectivity index (χ2n) is 2.86. The summed E-state index contributed by atoms with van der Waals surface area (Å²) in [7, 11) is 3.74. The average molecular weight is 153 g/mol. The van der Waals surface area contributed by atoms with E-state index in [4.69, 9.17) is 0 Å². The predicted molar refractivity (Wildman–Crippen MR) is 48.5 cm³/mol. The lowest BCUT2D eigenvalue weighted by Crippen LogP contribution is -2.08. The molecule has 0 aliphatic heterocycles. The van der Waals surface area contributed by atoms with Gasteiger partial charge in [0, 0.05) is 10.2 Å². The summed E-state index contributed by atoms with van der Waals surface area (Å²) in [4.78, 5) is 0. The summed E-state index contributed by atoms with van der Waals surface area (Å²) in [5.74, 6) is 0. The molecule has 0 heterocycles. The van der Waals surface area contributed by atoms with E-state index in [0.29, 0.717) is 0 Å². The molecule has 57 valence electrons. The van der Waals surface area contributed by atoms with Crippen molar-refractivity contribution < 1.29 is 0 Å². The van der Waals surface area contributed by atoms with Gasteiger partial charge in [-0.2, -0.15) is 0 Å². The van der Waals surface area contributed by atoms with Crippen molar-refractivity contribution in [2.45, 2.75) is 44.6 Å². The number of rotatable bonds is 5. The van der Waals surface area contributed by atoms with Crippen LogP contribution in [0.5, 0.6) is 0 Å². The Kier molecular flexibility index (Phi) is 4.70. The lowest BCUT2D eigenvalue weighted by Gasteiger charge is -2.23. The van der Waals surface area contributed by atoms with Crippen molar-refractivity contribution in [2.75, 3.05) is 0 Å². The molecule has 0 aliphatic carbocycles. The van der Waals surface area contributed by atoms with Gasteiger partial charge >= 0.3 is 0 Å². The molecular formula is C9H17Si. The Bertz CT molecular complexity index is 90.9. The van der Waals surface area contributed by atoms with E-state index in [1.807, 2.05) is 6.08 Å². The fourth-order valence-corrected chi connectivity index (χ4v) is 1.72. The Balaban J connectivity index is 3.81. The first-order chi connectivity index (χ1) is 4.68. The predicted octanol–water partition coefficient (Wildman–Crippen LogP) is 3.10. The van der Waals surface area contributed by atoms with Crippen molar-refractivity contribution in [3.8, 4) is 0 Å². The zero-order valence-electron chi connectivity index (χ0n) is 7.11. The minimum atomic E-state index is 0.212. The molecule has 0 saturated heterocycles. The molecule has 3 radical (unpaired) electrons. The highest BCUT2D eigenvalue weighted by molar-refractivity contribution is 6.16. The second kappa shape index (κ2) is 4.72. The van der Waals surface area contributed by atoms with Crippen LogP contribution in [0.4, 0.5) is 0 Å². The Morgan fingerprint density at radius 1 is 1.30 bits per heavy atom. The minimum absolute atomic E-state index is 0.212. The van der Waals surface area contributed by atoms with E-state index in [9.17, 15) is 0 Å². The summed E-state index contributed by atoms with van der Waals surface area (Å²) in [6.07, 6.45) is 6.85. The van der Waals surface area contributed by atoms with Crippen LogP contribution in [0.3, 0.4) is 0 Å². The molecule has 0 unspecified atom stereocenters. The Morgan fingerprint density at radius 3 is 1.90 bits per heavy atom. The summed E-state index contributed by atoms with van der Waals surface area (Å²) in [5, 5.41) is 0.212. The fourth-order valence-electron chi connectivity index (χ4n) is 1.22. The van der Waals surface area contributed by atoms with Crippen molar-refractivity contribution in [1.29, 1.82) is 0 Å². The maximum atomic E-state index is 3.82. The van der Waals surface area contributed by atoms with Crippen LogP contribution in [0.25, 0.3) is 0 Å². The zero-order chi connectivity index (χ0) is 8.04. The van der Waals surface area contributed by atoms with E-state index in [0.717, 1.165) is 0 Å². The Labute approximate surface area is 68.1 Å². The van der Waals surface area contributed by atoms with Gasteiger partial charge in [0.1, 0.15) is 0 Å². The van der Waals surface area contributed by atoms with E-state index >= 15 is 0 Å². The van der Waals surface area contributed by atoms with Gasteiger partial charge in [0.05, 0.1) is 0 Å². The van der Waals surface area contributed by atoms with Crippen LogP contribution in [0, 0.1) is 0 Å². The molecule has 10 heavy (non-hydrogen) atoms. The van der Waals surface area contributed by atoms with Crippen molar-refractivity contribution in [2.24, 2.45) is 0 Å². The van der Waals surface area contributed by atoms with Gasteiger partial charge in [0.2, 0.25) is 0 Å². The van der Waals surface area contributed by atoms with Gasteiger partial charge in [-0.3, -0.25) is 0 Å². The Hall–Kier alpha value is -0.0431. The van der Waals surface area contributed by atoms with Crippen molar-refractivity contribution >= 4 is 10.2 Å². The average Bonchev–Trinajstić information content (AvgIpc) is 1.89. The van der Waals surface area contributed by atoms with Gasteiger partial charge in [0.25, 0.3) is 0 Å². The normalized spacial score (nSPS) is 11.5. The zero-order valence-corrected chi connectivity index (χ0v) is 8.11. The summed E-state index contributed by atoms with van der Waals surface area (Å²) in [5.41, 5.74) is 0. The van der Waals surface area contributed by atoms with Gasteiger partial charge in [-0.1, -0.05) is 32.8 Å². The maximum Gasteiger partial charge on any atom is 0.0369 e. The first-order valence-electron chi connectivity index (χ1n) is 4.07. The molecule has 1 heteroatoms. The fraction of sp³-hybridized carbons (Fsp3) is 0.778. The van der Waals surface area contributed by atoms with Gasteiger partial charge < -0.3 is 0 Å². The van der Waals surface area contributed by atoms with Gasteiger partial charge in [-0.25, -0.2) is 0 Å². The highest BCUT2D eigenvalue weighted by atomic mass is 28.1. The van der Waals surface area contributed by atoms with E-state index in [2.05, 4.69) is 30.7 Å². The number of hydrogen-bond acceptors (Lipinski definition) is 0. The quantitative estimate of drug-likeness (QED) is 0.420. The summed E-state index contributed by atoms with van der Waals surface area (Å²) < 4.78 is 0. The smallest absolute Gasteiger partial charge is 0.0369 e. The third-order valence-corrected chi connectivity index (χ3v) is 2.49. The molecule has 0 fully saturated rings. The van der Waals surface area contributed by atoms with E-state index in [1.54, 1.807) is 0 Å². The van der Waals surface area contributed by atoms with Crippen LogP contribution in [0.1, 0.15) is 39.5 Å². The molecule has 0 amide bonds. The molecule has 0 saturated carbocycles. The van der Waals surface area contributed by atoms with E-state index < -0.39 is 0 Å². The van der Waals surface area contributed by atoms with Gasteiger partial charge in [-0.05, 0) is 17.9 Å². The molecule has 0 rings (SSSR count). The molecule has 0 aromatic rings. The van der Waals surface area contributed by atoms with Crippen LogP contribution in [-0.2, 0) is 0 Å². The van der Waals surface area contributed by atoms with Crippen molar-refractivity contribution in [3.63, 3.8) is 0 Å². The minimum Gasteiger partial charge on any atom is -0.103 e. The van der Waals surface area contributed by atoms with Crippen LogP contribution in [0.15, 0.2) is 12.7 Å². The lowest BCUT2D eigenvalue weighted by molar-refractivity contribution is 0.553. The summed E-state index contributed by atoms with van der Waals surface area (Å²) in [6, 6.07) is 0. The molecule has 0 spiro atoms. The summed E-state index contributed by atoms with van der Waals surface area (Å²) in [6.45, 7) is 8.23. The summed E-state index contributed by atoms with van der Waals surface area (Å²) >= 11 is 0. The second-order valence-corrected chi connectivity index (χ2v) is 3.86. The molecular weight excluding hydrogens is 136 g/mol. The number of allylic oxidation sites excluding steroid dienone is 1. The molecule has 0 aromatic heterocycles. The first kappa shape index (κ1) is 9.96. The molecule has 0 bridgehead atoms. The van der Waals surface area contributed by atoms with Crippen LogP contribution in [-0.4, -0.2) is 10.2 Å². The molecule has 0 atom stereocenters. The van der Waals surface area contributed by atoms with E-state index in [-0.39, 0.29) is 5.04 Å². The monoisotopic (exact) mass is 153 g/mol. The molecule has 0 nitrogen and oxygen atoms in total. The topological polar surface area (TPSA) is 0 Å². The SMILES string of the molecule is C=CC([Si])(CCC)CCC. The van der Waals surface area contributed by atoms with Crippen molar-refractivity contribution in [1.82, 2.24) is 0 Å². The largest absolute Gasteiger partial charge is 0.103 e. The molecule has 0 aliphatic rings. The third kappa shape index (κ3) is 3.21. The van der Waals surface area contributed by atoms with Crippen molar-refractivity contribution in [3.05, 3.63) is 12.7 Å². The van der Waals surface area contributed by atoms with Crippen LogP contribution >= 0.6 is 0 Å². The highest BCUT2D eigenvalue weighted by Crippen LogP contribution is 2.34. The molecule has 0 N–H and O–H groups in total.